The molecule has 22 heavy (non-hydrogen) atoms. The molecule has 1 aliphatic rings. The Labute approximate surface area is 148 Å². The van der Waals surface area contributed by atoms with Gasteiger partial charge in [0.15, 0.2) is 0 Å². The van der Waals surface area contributed by atoms with Gasteiger partial charge in [0, 0.05) is 37.0 Å². The van der Waals surface area contributed by atoms with E-state index < -0.39 is 6.04 Å². The van der Waals surface area contributed by atoms with Crippen LogP contribution < -0.4 is 16.0 Å². The highest BCUT2D eigenvalue weighted by atomic mass is 35.5. The molecule has 2 unspecified atom stereocenters. The van der Waals surface area contributed by atoms with Gasteiger partial charge in [-0.2, -0.15) is 0 Å². The first kappa shape index (κ1) is 21.3. The fourth-order valence-electron chi connectivity index (χ4n) is 2.35. The monoisotopic (exact) mass is 369 g/mol. The molecule has 1 amide bonds. The maximum absolute atomic E-state index is 11.8. The molecule has 0 aliphatic carbocycles. The smallest absolute Gasteiger partial charge is 0.239 e. The molecule has 0 aromatic heterocycles. The predicted octanol–water partition coefficient (Wildman–Crippen LogP) is 1.85. The summed E-state index contributed by atoms with van der Waals surface area (Å²) in [6.45, 7) is 1.90. The van der Waals surface area contributed by atoms with Crippen molar-refractivity contribution in [2.75, 3.05) is 31.7 Å². The summed E-state index contributed by atoms with van der Waals surface area (Å²) in [6.07, 6.45) is 0.901. The number of carbonyl (C=O) groups excluding carboxylic acids is 1. The summed E-state index contributed by atoms with van der Waals surface area (Å²) in [5.41, 5.74) is 6.78. The lowest BCUT2D eigenvalue weighted by Crippen LogP contribution is -2.48. The third-order valence-corrected chi connectivity index (χ3v) is 3.63. The number of hydrogen-bond donors (Lipinski definition) is 2. The molecule has 1 saturated heterocycles. The third kappa shape index (κ3) is 5.82. The van der Waals surface area contributed by atoms with Crippen molar-refractivity contribution in [3.8, 4) is 0 Å². The summed E-state index contributed by atoms with van der Waals surface area (Å²) in [6, 6.07) is 7.24. The highest BCUT2D eigenvalue weighted by molar-refractivity contribution is 6.30. The normalized spacial score (nSPS) is 18.1. The van der Waals surface area contributed by atoms with Gasteiger partial charge in [-0.1, -0.05) is 17.7 Å². The van der Waals surface area contributed by atoms with Crippen LogP contribution in [-0.2, 0) is 9.53 Å². The molecule has 0 bridgehead atoms. The first-order valence-electron chi connectivity index (χ1n) is 6.65. The van der Waals surface area contributed by atoms with Crippen LogP contribution in [0.3, 0.4) is 0 Å². The van der Waals surface area contributed by atoms with Crippen LogP contribution in [0.1, 0.15) is 6.42 Å². The highest BCUT2D eigenvalue weighted by Gasteiger charge is 2.25. The van der Waals surface area contributed by atoms with Crippen LogP contribution in [0.2, 0.25) is 5.02 Å². The Bertz CT molecular complexity index is 476. The van der Waals surface area contributed by atoms with Crippen LogP contribution in [0.5, 0.6) is 0 Å². The average Bonchev–Trinajstić information content (AvgIpc) is 2.87. The van der Waals surface area contributed by atoms with Crippen molar-refractivity contribution in [3.63, 3.8) is 0 Å². The molecule has 1 aromatic rings. The van der Waals surface area contributed by atoms with Crippen LogP contribution in [-0.4, -0.2) is 44.8 Å². The molecule has 8 heteroatoms. The minimum atomic E-state index is -0.611. The molecule has 3 N–H and O–H groups in total. The largest absolute Gasteiger partial charge is 0.383 e. The van der Waals surface area contributed by atoms with Gasteiger partial charge in [0.05, 0.1) is 6.61 Å². The second-order valence-electron chi connectivity index (χ2n) is 4.98. The number of methoxy groups -OCH3 is 1. The van der Waals surface area contributed by atoms with Crippen LogP contribution in [0.15, 0.2) is 24.3 Å². The molecule has 2 rings (SSSR count). The molecule has 1 aromatic carbocycles. The van der Waals surface area contributed by atoms with Gasteiger partial charge in [-0.3, -0.25) is 4.79 Å². The van der Waals surface area contributed by atoms with E-state index in [9.17, 15) is 4.79 Å². The van der Waals surface area contributed by atoms with Crippen molar-refractivity contribution >= 4 is 48.0 Å². The zero-order valence-corrected chi connectivity index (χ0v) is 14.7. The minimum Gasteiger partial charge on any atom is -0.383 e. The number of rotatable bonds is 5. The van der Waals surface area contributed by atoms with Gasteiger partial charge in [-0.05, 0) is 24.6 Å². The van der Waals surface area contributed by atoms with Gasteiger partial charge in [-0.15, -0.1) is 24.8 Å². The highest BCUT2D eigenvalue weighted by Crippen LogP contribution is 2.23. The van der Waals surface area contributed by atoms with Crippen LogP contribution >= 0.6 is 36.4 Å². The Morgan fingerprint density at radius 3 is 2.91 bits per heavy atom. The fraction of sp³-hybridized carbons (Fsp3) is 0.500. The van der Waals surface area contributed by atoms with E-state index in [1.807, 2.05) is 24.3 Å². The zero-order chi connectivity index (χ0) is 14.5. The van der Waals surface area contributed by atoms with E-state index >= 15 is 0 Å². The number of anilines is 1. The van der Waals surface area contributed by atoms with E-state index in [0.717, 1.165) is 30.2 Å². The minimum absolute atomic E-state index is 0. The Hall–Kier alpha value is -0.720. The van der Waals surface area contributed by atoms with Crippen molar-refractivity contribution in [1.82, 2.24) is 5.32 Å². The summed E-state index contributed by atoms with van der Waals surface area (Å²) in [7, 11) is 1.53. The number of amides is 1. The number of ether oxygens (including phenoxy) is 1. The van der Waals surface area contributed by atoms with Crippen LogP contribution in [0.4, 0.5) is 5.69 Å². The maximum atomic E-state index is 11.8. The molecule has 0 radical (unpaired) electrons. The quantitative estimate of drug-likeness (QED) is 0.830. The third-order valence-electron chi connectivity index (χ3n) is 3.39. The maximum Gasteiger partial charge on any atom is 0.239 e. The van der Waals surface area contributed by atoms with Gasteiger partial charge >= 0.3 is 0 Å². The number of hydrogen-bond acceptors (Lipinski definition) is 4. The Kier molecular flexibility index (Phi) is 9.80. The summed E-state index contributed by atoms with van der Waals surface area (Å²) < 4.78 is 4.88. The number of benzene rings is 1. The van der Waals surface area contributed by atoms with Gasteiger partial charge in [0.25, 0.3) is 0 Å². The van der Waals surface area contributed by atoms with Crippen LogP contribution in [0.25, 0.3) is 0 Å². The van der Waals surface area contributed by atoms with Crippen molar-refractivity contribution in [2.45, 2.75) is 18.5 Å². The molecular formula is C14H22Cl3N3O2. The predicted molar refractivity (Wildman–Crippen MR) is 94.6 cm³/mol. The molecule has 0 saturated carbocycles. The second-order valence-corrected chi connectivity index (χ2v) is 5.42. The first-order valence-corrected chi connectivity index (χ1v) is 7.03. The molecule has 5 nitrogen and oxygen atoms in total. The van der Waals surface area contributed by atoms with Crippen molar-refractivity contribution < 1.29 is 9.53 Å². The van der Waals surface area contributed by atoms with Crippen LogP contribution in [0, 0.1) is 0 Å². The number of carbonyl (C=O) groups is 1. The van der Waals surface area contributed by atoms with Gasteiger partial charge in [0.1, 0.15) is 6.04 Å². The lowest BCUT2D eigenvalue weighted by atomic mass is 10.2. The van der Waals surface area contributed by atoms with Gasteiger partial charge in [0.2, 0.25) is 5.91 Å². The zero-order valence-electron chi connectivity index (χ0n) is 12.3. The molecule has 1 fully saturated rings. The number of nitrogens with zero attached hydrogens (tertiary/aromatic N) is 1. The Morgan fingerprint density at radius 1 is 1.55 bits per heavy atom. The van der Waals surface area contributed by atoms with Crippen molar-refractivity contribution in [3.05, 3.63) is 29.3 Å². The van der Waals surface area contributed by atoms with E-state index in [0.29, 0.717) is 0 Å². The van der Waals surface area contributed by atoms with E-state index in [-0.39, 0.29) is 43.4 Å². The number of nitrogens with two attached hydrogens (primary N) is 1. The standard InChI is InChI=1S/C14H20ClN3O2.2ClH/c1-20-9-13(16)14(19)17-11-5-6-18(8-11)12-4-2-3-10(15)7-12;;/h2-4,7,11,13H,5-6,8-9,16H2,1H3,(H,17,19);2*1H. The summed E-state index contributed by atoms with van der Waals surface area (Å²) in [5, 5.41) is 3.68. The van der Waals surface area contributed by atoms with E-state index in [4.69, 9.17) is 22.1 Å². The molecule has 126 valence electrons. The number of halogens is 3. The number of nitrogens with one attached hydrogen (secondary N) is 1. The molecule has 1 aliphatic heterocycles. The Morgan fingerprint density at radius 2 is 2.27 bits per heavy atom. The lowest BCUT2D eigenvalue weighted by Gasteiger charge is -2.20. The first-order chi connectivity index (χ1) is 9.60. The molecule has 2 atom stereocenters. The summed E-state index contributed by atoms with van der Waals surface area (Å²) >= 11 is 5.99. The van der Waals surface area contributed by atoms with E-state index in [1.54, 1.807) is 0 Å². The van der Waals surface area contributed by atoms with Crippen molar-refractivity contribution in [2.24, 2.45) is 5.73 Å². The molecule has 0 spiro atoms. The fourth-order valence-corrected chi connectivity index (χ4v) is 2.53. The second kappa shape index (κ2) is 10.1. The molecular weight excluding hydrogens is 349 g/mol. The van der Waals surface area contributed by atoms with Gasteiger partial charge in [-0.25, -0.2) is 0 Å². The lowest BCUT2D eigenvalue weighted by molar-refractivity contribution is -0.124. The average molecular weight is 371 g/mol. The SMILES string of the molecule is COCC(N)C(=O)NC1CCN(c2cccc(Cl)c2)C1.Cl.Cl. The summed E-state index contributed by atoms with van der Waals surface area (Å²) in [5.74, 6) is -0.162. The van der Waals surface area contributed by atoms with E-state index in [2.05, 4.69) is 10.2 Å². The van der Waals surface area contributed by atoms with Gasteiger partial charge < -0.3 is 20.7 Å². The van der Waals surface area contributed by atoms with Crippen molar-refractivity contribution in [1.29, 1.82) is 0 Å². The van der Waals surface area contributed by atoms with E-state index in [1.165, 1.54) is 7.11 Å². The Balaban J connectivity index is 0.00000220. The summed E-state index contributed by atoms with van der Waals surface area (Å²) in [4.78, 5) is 14.0. The topological polar surface area (TPSA) is 67.6 Å². The molecule has 1 heterocycles.